The largest absolute Gasteiger partial charge is 0.477 e. The van der Waals surface area contributed by atoms with Crippen LogP contribution < -0.4 is 10.1 Å². The number of hydrogen-bond acceptors (Lipinski definition) is 4. The predicted octanol–water partition coefficient (Wildman–Crippen LogP) is 2.17. The maximum absolute atomic E-state index is 6.12. The van der Waals surface area contributed by atoms with Crippen molar-refractivity contribution in [1.29, 1.82) is 0 Å². The van der Waals surface area contributed by atoms with Gasteiger partial charge in [-0.2, -0.15) is 0 Å². The van der Waals surface area contributed by atoms with E-state index in [9.17, 15) is 0 Å². The SMILES string of the molecule is CCNCc1cnc(OCCCN(C)C)c(Cl)c1. The van der Waals surface area contributed by atoms with E-state index in [1.807, 2.05) is 20.2 Å². The molecule has 0 atom stereocenters. The number of nitrogens with one attached hydrogen (secondary N) is 1. The van der Waals surface area contributed by atoms with Gasteiger partial charge in [0.15, 0.2) is 0 Å². The molecule has 4 nitrogen and oxygen atoms in total. The Kier molecular flexibility index (Phi) is 7.01. The van der Waals surface area contributed by atoms with Crippen LogP contribution in [0.3, 0.4) is 0 Å². The van der Waals surface area contributed by atoms with Crippen molar-refractivity contribution < 1.29 is 4.74 Å². The van der Waals surface area contributed by atoms with Crippen LogP contribution in [0.4, 0.5) is 0 Å². The molecular formula is C13H22ClN3O. The minimum absolute atomic E-state index is 0.524. The molecule has 18 heavy (non-hydrogen) atoms. The van der Waals surface area contributed by atoms with Gasteiger partial charge in [-0.15, -0.1) is 0 Å². The maximum atomic E-state index is 6.12. The fraction of sp³-hybridized carbons (Fsp3) is 0.615. The average Bonchev–Trinajstić information content (AvgIpc) is 2.33. The van der Waals surface area contributed by atoms with Gasteiger partial charge in [-0.1, -0.05) is 18.5 Å². The van der Waals surface area contributed by atoms with Crippen LogP contribution in [-0.4, -0.2) is 43.7 Å². The molecule has 0 saturated carbocycles. The summed E-state index contributed by atoms with van der Waals surface area (Å²) in [5, 5.41) is 3.81. The van der Waals surface area contributed by atoms with E-state index in [0.717, 1.165) is 31.6 Å². The second-order valence-corrected chi connectivity index (χ2v) is 4.82. The molecule has 0 aliphatic carbocycles. The van der Waals surface area contributed by atoms with Gasteiger partial charge in [-0.3, -0.25) is 0 Å². The second-order valence-electron chi connectivity index (χ2n) is 4.42. The first kappa shape index (κ1) is 15.2. The summed E-state index contributed by atoms with van der Waals surface area (Å²) < 4.78 is 5.56. The topological polar surface area (TPSA) is 37.4 Å². The van der Waals surface area contributed by atoms with E-state index in [2.05, 4.69) is 22.1 Å². The van der Waals surface area contributed by atoms with Crippen LogP contribution in [0.1, 0.15) is 18.9 Å². The fourth-order valence-electron chi connectivity index (χ4n) is 1.49. The Morgan fingerprint density at radius 3 is 2.83 bits per heavy atom. The monoisotopic (exact) mass is 271 g/mol. The van der Waals surface area contributed by atoms with E-state index >= 15 is 0 Å². The molecule has 1 N–H and O–H groups in total. The third-order valence-electron chi connectivity index (χ3n) is 2.43. The summed E-state index contributed by atoms with van der Waals surface area (Å²) in [7, 11) is 4.08. The molecule has 0 saturated heterocycles. The quantitative estimate of drug-likeness (QED) is 0.736. The Bertz CT molecular complexity index is 358. The van der Waals surface area contributed by atoms with E-state index in [0.29, 0.717) is 17.5 Å². The van der Waals surface area contributed by atoms with Crippen molar-refractivity contribution in [2.75, 3.05) is 33.8 Å². The summed E-state index contributed by atoms with van der Waals surface area (Å²) in [6.07, 6.45) is 2.76. The van der Waals surface area contributed by atoms with E-state index in [-0.39, 0.29) is 0 Å². The van der Waals surface area contributed by atoms with Crippen LogP contribution in [-0.2, 0) is 6.54 Å². The molecule has 0 radical (unpaired) electrons. The first-order valence-electron chi connectivity index (χ1n) is 6.26. The molecule has 0 fully saturated rings. The van der Waals surface area contributed by atoms with E-state index in [4.69, 9.17) is 16.3 Å². The minimum atomic E-state index is 0.524. The molecule has 1 rings (SSSR count). The van der Waals surface area contributed by atoms with Gasteiger partial charge >= 0.3 is 0 Å². The van der Waals surface area contributed by atoms with Crippen molar-refractivity contribution in [3.63, 3.8) is 0 Å². The lowest BCUT2D eigenvalue weighted by molar-refractivity contribution is 0.273. The summed E-state index contributed by atoms with van der Waals surface area (Å²) in [5.41, 5.74) is 1.07. The maximum Gasteiger partial charge on any atom is 0.232 e. The molecule has 1 aromatic rings. The molecule has 0 spiro atoms. The van der Waals surface area contributed by atoms with Gasteiger partial charge in [-0.05, 0) is 38.7 Å². The molecule has 0 aliphatic rings. The van der Waals surface area contributed by atoms with Gasteiger partial charge in [0.05, 0.1) is 6.61 Å². The van der Waals surface area contributed by atoms with Crippen molar-refractivity contribution in [2.45, 2.75) is 19.9 Å². The molecule has 5 heteroatoms. The standard InChI is InChI=1S/C13H22ClN3O/c1-4-15-9-11-8-12(14)13(16-10-11)18-7-5-6-17(2)3/h8,10,15H,4-7,9H2,1-3H3. The Morgan fingerprint density at radius 1 is 1.44 bits per heavy atom. The Morgan fingerprint density at radius 2 is 2.22 bits per heavy atom. The van der Waals surface area contributed by atoms with Gasteiger partial charge in [0.2, 0.25) is 5.88 Å². The van der Waals surface area contributed by atoms with Crippen molar-refractivity contribution in [3.05, 3.63) is 22.8 Å². The van der Waals surface area contributed by atoms with E-state index in [1.54, 1.807) is 6.20 Å². The van der Waals surface area contributed by atoms with Gasteiger partial charge in [0.25, 0.3) is 0 Å². The highest BCUT2D eigenvalue weighted by molar-refractivity contribution is 6.31. The number of hydrogen-bond donors (Lipinski definition) is 1. The lowest BCUT2D eigenvalue weighted by atomic mass is 10.3. The molecule has 0 aliphatic heterocycles. The zero-order valence-corrected chi connectivity index (χ0v) is 12.1. The Balaban J connectivity index is 2.42. The molecule has 1 aromatic heterocycles. The zero-order chi connectivity index (χ0) is 13.4. The average molecular weight is 272 g/mol. The lowest BCUT2D eigenvalue weighted by Crippen LogP contribution is -2.16. The number of pyridine rings is 1. The Hall–Kier alpha value is -0.840. The summed E-state index contributed by atoms with van der Waals surface area (Å²) >= 11 is 6.12. The number of rotatable bonds is 8. The number of aromatic nitrogens is 1. The number of halogens is 1. The van der Waals surface area contributed by atoms with Gasteiger partial charge < -0.3 is 15.0 Å². The molecule has 102 valence electrons. The van der Waals surface area contributed by atoms with Crippen LogP contribution in [0.25, 0.3) is 0 Å². The summed E-state index contributed by atoms with van der Waals surface area (Å²) in [5.74, 6) is 0.524. The molecule has 0 aromatic carbocycles. The van der Waals surface area contributed by atoms with Crippen molar-refractivity contribution in [3.8, 4) is 5.88 Å². The van der Waals surface area contributed by atoms with Crippen LogP contribution in [0.5, 0.6) is 5.88 Å². The lowest BCUT2D eigenvalue weighted by Gasteiger charge is -2.11. The van der Waals surface area contributed by atoms with Crippen LogP contribution in [0, 0.1) is 0 Å². The van der Waals surface area contributed by atoms with Crippen molar-refractivity contribution in [2.24, 2.45) is 0 Å². The van der Waals surface area contributed by atoms with Crippen LogP contribution in [0.2, 0.25) is 5.02 Å². The number of nitrogens with zero attached hydrogens (tertiary/aromatic N) is 2. The van der Waals surface area contributed by atoms with Crippen LogP contribution >= 0.6 is 11.6 Å². The van der Waals surface area contributed by atoms with Crippen LogP contribution in [0.15, 0.2) is 12.3 Å². The predicted molar refractivity (Wildman–Crippen MR) is 75.3 cm³/mol. The highest BCUT2D eigenvalue weighted by Gasteiger charge is 2.04. The smallest absolute Gasteiger partial charge is 0.232 e. The van der Waals surface area contributed by atoms with Gasteiger partial charge in [0, 0.05) is 19.3 Å². The fourth-order valence-corrected chi connectivity index (χ4v) is 1.73. The highest BCUT2D eigenvalue weighted by Crippen LogP contribution is 2.22. The van der Waals surface area contributed by atoms with E-state index < -0.39 is 0 Å². The molecule has 1 heterocycles. The third kappa shape index (κ3) is 5.67. The third-order valence-corrected chi connectivity index (χ3v) is 2.70. The Labute approximate surface area is 114 Å². The molecule has 0 amide bonds. The first-order chi connectivity index (χ1) is 8.63. The van der Waals surface area contributed by atoms with Crippen molar-refractivity contribution >= 4 is 11.6 Å². The molecule has 0 bridgehead atoms. The summed E-state index contributed by atoms with van der Waals surface area (Å²) in [6.45, 7) is 5.41. The van der Waals surface area contributed by atoms with Gasteiger partial charge in [-0.25, -0.2) is 4.98 Å². The van der Waals surface area contributed by atoms with Gasteiger partial charge in [0.1, 0.15) is 5.02 Å². The number of ether oxygens (including phenoxy) is 1. The normalized spacial score (nSPS) is 10.9. The summed E-state index contributed by atoms with van der Waals surface area (Å²) in [4.78, 5) is 6.36. The molecular weight excluding hydrogens is 250 g/mol. The minimum Gasteiger partial charge on any atom is -0.477 e. The first-order valence-corrected chi connectivity index (χ1v) is 6.64. The van der Waals surface area contributed by atoms with Crippen molar-refractivity contribution in [1.82, 2.24) is 15.2 Å². The summed E-state index contributed by atoms with van der Waals surface area (Å²) in [6, 6.07) is 1.90. The van der Waals surface area contributed by atoms with E-state index in [1.165, 1.54) is 0 Å². The highest BCUT2D eigenvalue weighted by atomic mass is 35.5. The zero-order valence-electron chi connectivity index (χ0n) is 11.4. The molecule has 0 unspecified atom stereocenters. The second kappa shape index (κ2) is 8.29.